The van der Waals surface area contributed by atoms with E-state index in [0.29, 0.717) is 6.79 Å². The second-order valence-corrected chi connectivity index (χ2v) is 6.76. The van der Waals surface area contributed by atoms with Crippen LogP contribution in [0, 0.1) is 0 Å². The van der Waals surface area contributed by atoms with Crippen molar-refractivity contribution in [3.8, 4) is 11.5 Å². The predicted molar refractivity (Wildman–Crippen MR) is 79.3 cm³/mol. The first-order chi connectivity index (χ1) is 9.26. The van der Waals surface area contributed by atoms with Crippen LogP contribution in [0.15, 0.2) is 20.9 Å². The molecule has 0 amide bonds. The Kier molecular flexibility index (Phi) is 3.81. The van der Waals surface area contributed by atoms with Gasteiger partial charge in [0, 0.05) is 17.3 Å². The first kappa shape index (κ1) is 13.0. The first-order valence-electron chi connectivity index (χ1n) is 5.48. The van der Waals surface area contributed by atoms with Crippen LogP contribution in [0.1, 0.15) is 5.56 Å². The van der Waals surface area contributed by atoms with E-state index < -0.39 is 0 Å². The van der Waals surface area contributed by atoms with Gasteiger partial charge in [0.25, 0.3) is 0 Å². The van der Waals surface area contributed by atoms with E-state index in [1.807, 2.05) is 19.2 Å². The second kappa shape index (κ2) is 5.56. The zero-order valence-electron chi connectivity index (χ0n) is 9.97. The van der Waals surface area contributed by atoms with Gasteiger partial charge in [-0.3, -0.25) is 0 Å². The zero-order valence-corrected chi connectivity index (χ0v) is 13.2. The van der Waals surface area contributed by atoms with E-state index in [0.717, 1.165) is 36.8 Å². The lowest BCUT2D eigenvalue weighted by Crippen LogP contribution is -1.92. The summed E-state index contributed by atoms with van der Waals surface area (Å²) >= 11 is 6.74. The Morgan fingerprint density at radius 3 is 2.89 bits per heavy atom. The molecular weight excluding hydrogens is 350 g/mol. The molecule has 2 aromatic rings. The third-order valence-corrected chi connectivity index (χ3v) is 5.37. The molecule has 5 nitrogen and oxygen atoms in total. The molecule has 0 unspecified atom stereocenters. The van der Waals surface area contributed by atoms with Gasteiger partial charge in [-0.1, -0.05) is 39.0 Å². The maximum absolute atomic E-state index is 5.38. The van der Waals surface area contributed by atoms with E-state index in [9.17, 15) is 0 Å². The van der Waals surface area contributed by atoms with Crippen LogP contribution in [0.3, 0.4) is 0 Å². The summed E-state index contributed by atoms with van der Waals surface area (Å²) < 4.78 is 12.7. The number of fused-ring (bicyclic) bond motifs is 1. The van der Waals surface area contributed by atoms with Crippen LogP contribution in [0.25, 0.3) is 0 Å². The van der Waals surface area contributed by atoms with Crippen LogP contribution in [-0.4, -0.2) is 24.0 Å². The minimum Gasteiger partial charge on any atom is -0.454 e. The van der Waals surface area contributed by atoms with Gasteiger partial charge in [0.05, 0.1) is 0 Å². The summed E-state index contributed by atoms with van der Waals surface area (Å²) in [5, 5.41) is 11.9. The van der Waals surface area contributed by atoms with Crippen molar-refractivity contribution in [2.45, 2.75) is 10.1 Å². The summed E-state index contributed by atoms with van der Waals surface area (Å²) in [6, 6.07) is 3.94. The van der Waals surface area contributed by atoms with Crippen molar-refractivity contribution in [3.05, 3.63) is 22.2 Å². The predicted octanol–water partition coefficient (Wildman–Crippen LogP) is 3.36. The van der Waals surface area contributed by atoms with Crippen LogP contribution < -0.4 is 14.8 Å². The SMILES string of the molecule is CNc1nnc(SCc2cc3c(cc2Br)OCO3)s1. The molecule has 0 aliphatic carbocycles. The third kappa shape index (κ3) is 2.80. The minimum absolute atomic E-state index is 0.292. The van der Waals surface area contributed by atoms with E-state index >= 15 is 0 Å². The number of halogens is 1. The van der Waals surface area contributed by atoms with Gasteiger partial charge in [-0.05, 0) is 17.7 Å². The molecule has 0 fully saturated rings. The van der Waals surface area contributed by atoms with Gasteiger partial charge in [0.2, 0.25) is 11.9 Å². The van der Waals surface area contributed by atoms with Crippen LogP contribution in [0.2, 0.25) is 0 Å². The number of aromatic nitrogens is 2. The topological polar surface area (TPSA) is 56.3 Å². The summed E-state index contributed by atoms with van der Waals surface area (Å²) in [6.45, 7) is 0.292. The fourth-order valence-electron chi connectivity index (χ4n) is 1.58. The lowest BCUT2D eigenvalue weighted by atomic mass is 10.2. The number of hydrogen-bond acceptors (Lipinski definition) is 7. The van der Waals surface area contributed by atoms with Crippen molar-refractivity contribution in [1.82, 2.24) is 10.2 Å². The maximum Gasteiger partial charge on any atom is 0.231 e. The van der Waals surface area contributed by atoms with Crippen molar-refractivity contribution in [1.29, 1.82) is 0 Å². The molecule has 2 heterocycles. The number of thioether (sulfide) groups is 1. The smallest absolute Gasteiger partial charge is 0.231 e. The Labute approximate surface area is 126 Å². The number of nitrogens with zero attached hydrogens (tertiary/aromatic N) is 2. The van der Waals surface area contributed by atoms with Gasteiger partial charge in [-0.15, -0.1) is 10.2 Å². The maximum atomic E-state index is 5.38. The molecule has 0 atom stereocenters. The molecular formula is C11H10BrN3O2S2. The normalized spacial score (nSPS) is 12.7. The van der Waals surface area contributed by atoms with Gasteiger partial charge in [0.1, 0.15) is 0 Å². The highest BCUT2D eigenvalue weighted by Gasteiger charge is 2.16. The molecule has 1 N–H and O–H groups in total. The van der Waals surface area contributed by atoms with Crippen LogP contribution in [0.5, 0.6) is 11.5 Å². The Hall–Kier alpha value is -0.990. The number of ether oxygens (including phenoxy) is 2. The van der Waals surface area contributed by atoms with E-state index in [-0.39, 0.29) is 0 Å². The monoisotopic (exact) mass is 359 g/mol. The standard InChI is InChI=1S/C11H10BrN3O2S2/c1-13-10-14-15-11(19-10)18-4-6-2-8-9(3-7(6)12)17-5-16-8/h2-3H,4-5H2,1H3,(H,13,14). The molecule has 8 heteroatoms. The number of benzene rings is 1. The van der Waals surface area contributed by atoms with Crippen LogP contribution in [0.4, 0.5) is 5.13 Å². The average Bonchev–Trinajstić information content (AvgIpc) is 3.03. The van der Waals surface area contributed by atoms with Crippen molar-refractivity contribution in [2.75, 3.05) is 19.2 Å². The molecule has 19 heavy (non-hydrogen) atoms. The van der Waals surface area contributed by atoms with Gasteiger partial charge >= 0.3 is 0 Å². The fraction of sp³-hybridized carbons (Fsp3) is 0.273. The van der Waals surface area contributed by atoms with Gasteiger partial charge in [0.15, 0.2) is 15.8 Å². The van der Waals surface area contributed by atoms with Gasteiger partial charge in [-0.2, -0.15) is 0 Å². The molecule has 100 valence electrons. The highest BCUT2D eigenvalue weighted by Crippen LogP contribution is 2.39. The van der Waals surface area contributed by atoms with Crippen LogP contribution in [-0.2, 0) is 5.75 Å². The van der Waals surface area contributed by atoms with Crippen molar-refractivity contribution >= 4 is 44.2 Å². The van der Waals surface area contributed by atoms with Gasteiger partial charge in [-0.25, -0.2) is 0 Å². The minimum atomic E-state index is 0.292. The Bertz CT molecular complexity index is 606. The highest BCUT2D eigenvalue weighted by molar-refractivity contribution is 9.10. The summed E-state index contributed by atoms with van der Waals surface area (Å²) in [5.41, 5.74) is 1.15. The Morgan fingerprint density at radius 1 is 1.37 bits per heavy atom. The molecule has 0 spiro atoms. The quantitative estimate of drug-likeness (QED) is 0.844. The fourth-order valence-corrected chi connectivity index (χ4v) is 3.92. The molecule has 0 saturated heterocycles. The number of rotatable bonds is 4. The average molecular weight is 360 g/mol. The third-order valence-electron chi connectivity index (χ3n) is 2.51. The first-order valence-corrected chi connectivity index (χ1v) is 8.08. The molecule has 1 aliphatic rings. The van der Waals surface area contributed by atoms with Crippen molar-refractivity contribution < 1.29 is 9.47 Å². The summed E-state index contributed by atoms with van der Waals surface area (Å²) in [6.07, 6.45) is 0. The number of nitrogens with one attached hydrogen (secondary N) is 1. The molecule has 1 aromatic heterocycles. The van der Waals surface area contributed by atoms with E-state index in [2.05, 4.69) is 31.4 Å². The molecule has 0 saturated carbocycles. The van der Waals surface area contributed by atoms with E-state index in [1.165, 1.54) is 0 Å². The highest BCUT2D eigenvalue weighted by atomic mass is 79.9. The summed E-state index contributed by atoms with van der Waals surface area (Å²) in [7, 11) is 1.84. The second-order valence-electron chi connectivity index (χ2n) is 3.71. The Balaban J connectivity index is 1.73. The molecule has 0 radical (unpaired) electrons. The number of anilines is 1. The molecule has 3 rings (SSSR count). The van der Waals surface area contributed by atoms with Crippen molar-refractivity contribution in [2.24, 2.45) is 0 Å². The summed E-state index contributed by atoms with van der Waals surface area (Å²) in [4.78, 5) is 0. The molecule has 0 bridgehead atoms. The largest absolute Gasteiger partial charge is 0.454 e. The molecule has 1 aliphatic heterocycles. The van der Waals surface area contributed by atoms with E-state index in [4.69, 9.17) is 9.47 Å². The number of hydrogen-bond donors (Lipinski definition) is 1. The lowest BCUT2D eigenvalue weighted by molar-refractivity contribution is 0.174. The van der Waals surface area contributed by atoms with E-state index in [1.54, 1.807) is 23.1 Å². The lowest BCUT2D eigenvalue weighted by Gasteiger charge is -2.04. The zero-order chi connectivity index (χ0) is 13.2. The molecule has 1 aromatic carbocycles. The summed E-state index contributed by atoms with van der Waals surface area (Å²) in [5.74, 6) is 2.39. The van der Waals surface area contributed by atoms with Crippen LogP contribution >= 0.6 is 39.0 Å². The van der Waals surface area contributed by atoms with Gasteiger partial charge < -0.3 is 14.8 Å². The van der Waals surface area contributed by atoms with Crippen molar-refractivity contribution in [3.63, 3.8) is 0 Å². The Morgan fingerprint density at radius 2 is 2.16 bits per heavy atom.